The molecule has 1 N–H and O–H groups in total. The number of fused-ring (bicyclic) bond motifs is 1. The van der Waals surface area contributed by atoms with E-state index in [1.807, 2.05) is 68.4 Å². The highest BCUT2D eigenvalue weighted by molar-refractivity contribution is 7.92. The maximum absolute atomic E-state index is 14.2. The van der Waals surface area contributed by atoms with Gasteiger partial charge in [-0.25, -0.2) is 8.42 Å². The Balaban J connectivity index is 1.72. The van der Waals surface area contributed by atoms with E-state index < -0.39 is 28.5 Å². The molecule has 224 valence electrons. The highest BCUT2D eigenvalue weighted by atomic mass is 32.2. The first-order valence-electron chi connectivity index (χ1n) is 14.3. The molecule has 0 saturated carbocycles. The molecule has 0 aromatic heterocycles. The summed E-state index contributed by atoms with van der Waals surface area (Å²) in [7, 11) is -3.87. The van der Waals surface area contributed by atoms with Crippen LogP contribution in [0.4, 0.5) is 5.69 Å². The molecule has 0 fully saturated rings. The van der Waals surface area contributed by atoms with E-state index in [9.17, 15) is 18.0 Å². The second-order valence-corrected chi connectivity index (χ2v) is 12.5. The highest BCUT2D eigenvalue weighted by Crippen LogP contribution is 2.36. The number of hydrogen-bond acceptors (Lipinski definition) is 6. The van der Waals surface area contributed by atoms with Gasteiger partial charge in [0.05, 0.1) is 11.4 Å². The molecule has 0 spiro atoms. The topological polar surface area (TPSA) is 105 Å². The molecule has 42 heavy (non-hydrogen) atoms. The summed E-state index contributed by atoms with van der Waals surface area (Å²) in [4.78, 5) is 29.4. The minimum atomic E-state index is -3.87. The van der Waals surface area contributed by atoms with Crippen LogP contribution in [0.1, 0.15) is 43.4 Å². The zero-order chi connectivity index (χ0) is 30.1. The van der Waals surface area contributed by atoms with Crippen LogP contribution in [0.3, 0.4) is 0 Å². The molecule has 3 aromatic carbocycles. The summed E-state index contributed by atoms with van der Waals surface area (Å²) in [5, 5.41) is 2.99. The zero-order valence-electron chi connectivity index (χ0n) is 24.4. The van der Waals surface area contributed by atoms with Gasteiger partial charge in [0.1, 0.15) is 12.6 Å². The molecule has 2 amide bonds. The largest absolute Gasteiger partial charge is 0.454 e. The fraction of sp³-hybridized carbons (Fsp3) is 0.375. The number of aryl methyl sites for hydroxylation is 1. The lowest BCUT2D eigenvalue weighted by atomic mass is 10.0. The number of anilines is 1. The third-order valence-electron chi connectivity index (χ3n) is 7.20. The molecular formula is C32H39N3O6S. The van der Waals surface area contributed by atoms with Crippen LogP contribution in [0.5, 0.6) is 11.5 Å². The number of unbranched alkanes of at least 4 members (excludes halogenated alkanes) is 1. The first kappa shape index (κ1) is 30.9. The Morgan fingerprint density at radius 2 is 1.64 bits per heavy atom. The fourth-order valence-electron chi connectivity index (χ4n) is 4.71. The minimum absolute atomic E-state index is 0.0386. The molecule has 0 bridgehead atoms. The van der Waals surface area contributed by atoms with Crippen molar-refractivity contribution in [1.29, 1.82) is 0 Å². The van der Waals surface area contributed by atoms with Crippen molar-refractivity contribution in [1.82, 2.24) is 10.2 Å². The molecular weight excluding hydrogens is 554 g/mol. The first-order valence-corrected chi connectivity index (χ1v) is 15.9. The number of sulfonamides is 1. The lowest BCUT2D eigenvalue weighted by Gasteiger charge is -2.34. The second kappa shape index (κ2) is 14.2. The van der Waals surface area contributed by atoms with Crippen molar-refractivity contribution in [3.8, 4) is 11.5 Å². The average Bonchev–Trinajstić information content (AvgIpc) is 3.47. The molecule has 1 aliphatic heterocycles. The zero-order valence-corrected chi connectivity index (χ0v) is 25.2. The standard InChI is InChI=1S/C32H39N3O6S/c1-4-6-18-33-32(37)28(19-25-10-8-7-9-11-25)34(21-26-14-12-24(3)13-15-26)31(36)22-35(42(38,39)5-2)27-16-17-29-30(20-27)41-23-40-29/h7-17,20,28H,4-6,18-19,21-23H2,1-3H3,(H,33,37)/t28-/m1/s1. The Morgan fingerprint density at radius 1 is 0.929 bits per heavy atom. The van der Waals surface area contributed by atoms with E-state index in [4.69, 9.17) is 9.47 Å². The summed E-state index contributed by atoms with van der Waals surface area (Å²) in [6.07, 6.45) is 2.00. The number of nitrogens with zero attached hydrogens (tertiary/aromatic N) is 2. The molecule has 0 radical (unpaired) electrons. The smallest absolute Gasteiger partial charge is 0.244 e. The Bertz CT molecular complexity index is 1460. The highest BCUT2D eigenvalue weighted by Gasteiger charge is 2.34. The number of rotatable bonds is 14. The molecule has 4 rings (SSSR count). The number of carbonyl (C=O) groups is 2. The first-order chi connectivity index (χ1) is 20.2. The van der Waals surface area contributed by atoms with Crippen LogP contribution in [0, 0.1) is 6.92 Å². The van der Waals surface area contributed by atoms with E-state index in [1.54, 1.807) is 18.2 Å². The maximum Gasteiger partial charge on any atom is 0.244 e. The molecule has 0 unspecified atom stereocenters. The van der Waals surface area contributed by atoms with Gasteiger partial charge in [-0.2, -0.15) is 0 Å². The number of amides is 2. The van der Waals surface area contributed by atoms with Crippen LogP contribution in [0.25, 0.3) is 0 Å². The maximum atomic E-state index is 14.2. The van der Waals surface area contributed by atoms with Crippen molar-refractivity contribution in [3.05, 3.63) is 89.5 Å². The Hall–Kier alpha value is -4.05. The van der Waals surface area contributed by atoms with E-state index in [0.717, 1.165) is 33.8 Å². The quantitative estimate of drug-likeness (QED) is 0.277. The Labute approximate surface area is 248 Å². The van der Waals surface area contributed by atoms with Gasteiger partial charge in [-0.3, -0.25) is 13.9 Å². The van der Waals surface area contributed by atoms with Crippen LogP contribution >= 0.6 is 0 Å². The van der Waals surface area contributed by atoms with E-state index in [2.05, 4.69) is 5.32 Å². The van der Waals surface area contributed by atoms with Gasteiger partial charge < -0.3 is 19.7 Å². The lowest BCUT2D eigenvalue weighted by molar-refractivity contribution is -0.140. The van der Waals surface area contributed by atoms with Crippen molar-refractivity contribution in [2.75, 3.05) is 29.9 Å². The van der Waals surface area contributed by atoms with E-state index in [-0.39, 0.29) is 37.1 Å². The molecule has 1 heterocycles. The van der Waals surface area contributed by atoms with Crippen LogP contribution < -0.4 is 19.1 Å². The van der Waals surface area contributed by atoms with Crippen molar-refractivity contribution < 1.29 is 27.5 Å². The van der Waals surface area contributed by atoms with Gasteiger partial charge >= 0.3 is 0 Å². The normalized spacial score (nSPS) is 12.9. The van der Waals surface area contributed by atoms with Crippen molar-refractivity contribution in [2.45, 2.75) is 52.6 Å². The van der Waals surface area contributed by atoms with Crippen LogP contribution in [-0.2, 0) is 32.6 Å². The number of hydrogen-bond donors (Lipinski definition) is 1. The van der Waals surface area contributed by atoms with Gasteiger partial charge in [-0.15, -0.1) is 0 Å². The molecule has 9 nitrogen and oxygen atoms in total. The predicted octanol–water partition coefficient (Wildman–Crippen LogP) is 4.44. The lowest BCUT2D eigenvalue weighted by Crippen LogP contribution is -2.53. The van der Waals surface area contributed by atoms with E-state index >= 15 is 0 Å². The van der Waals surface area contributed by atoms with Crippen LogP contribution in [0.15, 0.2) is 72.8 Å². The number of carbonyl (C=O) groups excluding carboxylic acids is 2. The molecule has 1 aliphatic rings. The monoisotopic (exact) mass is 593 g/mol. The molecule has 0 aliphatic carbocycles. The second-order valence-electron chi connectivity index (χ2n) is 10.3. The van der Waals surface area contributed by atoms with Gasteiger partial charge in [-0.1, -0.05) is 73.5 Å². The van der Waals surface area contributed by atoms with Gasteiger partial charge in [0.15, 0.2) is 11.5 Å². The van der Waals surface area contributed by atoms with Gasteiger partial charge in [0, 0.05) is 25.6 Å². The molecule has 10 heteroatoms. The summed E-state index contributed by atoms with van der Waals surface area (Å²) in [6.45, 7) is 5.74. The summed E-state index contributed by atoms with van der Waals surface area (Å²) < 4.78 is 38.6. The van der Waals surface area contributed by atoms with Crippen molar-refractivity contribution >= 4 is 27.5 Å². The van der Waals surface area contributed by atoms with Crippen molar-refractivity contribution in [2.24, 2.45) is 0 Å². The average molecular weight is 594 g/mol. The van der Waals surface area contributed by atoms with Gasteiger partial charge in [0.25, 0.3) is 0 Å². The van der Waals surface area contributed by atoms with Crippen LogP contribution in [0.2, 0.25) is 0 Å². The summed E-state index contributed by atoms with van der Waals surface area (Å²) in [6, 6.07) is 21.2. The van der Waals surface area contributed by atoms with Gasteiger partial charge in [0.2, 0.25) is 28.6 Å². The molecule has 0 saturated heterocycles. The van der Waals surface area contributed by atoms with E-state index in [0.29, 0.717) is 18.0 Å². The summed E-state index contributed by atoms with van der Waals surface area (Å²) in [5.74, 6) is -0.0633. The third kappa shape index (κ3) is 7.82. The van der Waals surface area contributed by atoms with E-state index in [1.165, 1.54) is 11.8 Å². The molecule has 1 atom stereocenters. The predicted molar refractivity (Wildman–Crippen MR) is 163 cm³/mol. The summed E-state index contributed by atoms with van der Waals surface area (Å²) >= 11 is 0. The fourth-order valence-corrected chi connectivity index (χ4v) is 5.76. The minimum Gasteiger partial charge on any atom is -0.454 e. The number of nitrogens with one attached hydrogen (secondary N) is 1. The Morgan fingerprint density at radius 3 is 2.33 bits per heavy atom. The number of benzene rings is 3. The third-order valence-corrected chi connectivity index (χ3v) is 8.94. The van der Waals surface area contributed by atoms with Crippen molar-refractivity contribution in [3.63, 3.8) is 0 Å². The number of ether oxygens (including phenoxy) is 2. The SMILES string of the molecule is CCCCNC(=O)[C@@H](Cc1ccccc1)N(Cc1ccc(C)cc1)C(=O)CN(c1ccc2c(c1)OCO2)S(=O)(=O)CC. The Kier molecular flexibility index (Phi) is 10.5. The van der Waals surface area contributed by atoms with Gasteiger partial charge in [-0.05, 0) is 43.5 Å². The summed E-state index contributed by atoms with van der Waals surface area (Å²) in [5.41, 5.74) is 3.08. The van der Waals surface area contributed by atoms with Crippen LogP contribution in [-0.4, -0.2) is 56.8 Å². The molecule has 3 aromatic rings.